The van der Waals surface area contributed by atoms with E-state index in [1.54, 1.807) is 13.8 Å². The van der Waals surface area contributed by atoms with E-state index >= 15 is 0 Å². The lowest BCUT2D eigenvalue weighted by atomic mass is 10.1. The average molecular weight is 271 g/mol. The first kappa shape index (κ1) is 14.7. The molecule has 106 valence electrons. The molecule has 0 saturated heterocycles. The Labute approximate surface area is 121 Å². The molecule has 0 spiro atoms. The molecule has 0 N–H and O–H groups in total. The van der Waals surface area contributed by atoms with E-state index in [9.17, 15) is 4.39 Å². The highest BCUT2D eigenvalue weighted by Gasteiger charge is 2.20. The van der Waals surface area contributed by atoms with Gasteiger partial charge in [0.05, 0.1) is 0 Å². The minimum absolute atomic E-state index is 0.427. The number of nitrogens with zero attached hydrogens (tertiary/aromatic N) is 1. The number of rotatable bonds is 6. The van der Waals surface area contributed by atoms with Gasteiger partial charge in [0.15, 0.2) is 0 Å². The van der Waals surface area contributed by atoms with Gasteiger partial charge in [-0.15, -0.1) is 0 Å². The summed E-state index contributed by atoms with van der Waals surface area (Å²) in [5.41, 5.74) is 1.24. The van der Waals surface area contributed by atoms with Crippen LogP contribution in [0, 0.1) is 0 Å². The van der Waals surface area contributed by atoms with Crippen molar-refractivity contribution in [2.75, 3.05) is 6.54 Å². The average Bonchev–Trinajstić information content (AvgIpc) is 2.39. The molecule has 0 bridgehead atoms. The van der Waals surface area contributed by atoms with Crippen molar-refractivity contribution in [3.8, 4) is 0 Å². The zero-order chi connectivity index (χ0) is 14.4. The molecule has 2 aromatic carbocycles. The van der Waals surface area contributed by atoms with Crippen molar-refractivity contribution < 1.29 is 4.39 Å². The number of halogens is 1. The summed E-state index contributed by atoms with van der Waals surface area (Å²) >= 11 is 0. The molecule has 0 saturated carbocycles. The van der Waals surface area contributed by atoms with E-state index in [0.717, 1.165) is 13.1 Å². The van der Waals surface area contributed by atoms with Crippen LogP contribution in [0.2, 0.25) is 0 Å². The fourth-order valence-corrected chi connectivity index (χ4v) is 2.38. The lowest BCUT2D eigenvalue weighted by Crippen LogP contribution is -2.35. The monoisotopic (exact) mass is 271 g/mol. The van der Waals surface area contributed by atoms with Crippen molar-refractivity contribution in [1.29, 1.82) is 0 Å². The molecule has 0 aromatic heterocycles. The molecule has 0 aliphatic heterocycles. The zero-order valence-electron chi connectivity index (χ0n) is 12.2. The van der Waals surface area contributed by atoms with Crippen molar-refractivity contribution in [2.24, 2.45) is 0 Å². The summed E-state index contributed by atoms with van der Waals surface area (Å²) in [6, 6.07) is 20.5. The van der Waals surface area contributed by atoms with Gasteiger partial charge >= 0.3 is 0 Å². The van der Waals surface area contributed by atoms with Crippen molar-refractivity contribution in [2.45, 2.75) is 32.6 Å². The van der Waals surface area contributed by atoms with E-state index in [4.69, 9.17) is 0 Å². The van der Waals surface area contributed by atoms with Crippen LogP contribution in [-0.4, -0.2) is 17.1 Å². The number of hydrogen-bond donors (Lipinski definition) is 0. The molecule has 0 heterocycles. The van der Waals surface area contributed by atoms with Gasteiger partial charge in [-0.25, -0.2) is 4.39 Å². The van der Waals surface area contributed by atoms with Gasteiger partial charge in [-0.05, 0) is 25.0 Å². The van der Waals surface area contributed by atoms with Gasteiger partial charge in [0.1, 0.15) is 5.67 Å². The summed E-state index contributed by atoms with van der Waals surface area (Å²) in [6.07, 6.45) is 0. The molecule has 0 amide bonds. The fourth-order valence-electron chi connectivity index (χ4n) is 2.38. The first-order chi connectivity index (χ1) is 9.53. The Morgan fingerprint density at radius 2 is 1.20 bits per heavy atom. The predicted octanol–water partition coefficient (Wildman–Crippen LogP) is 4.44. The SMILES string of the molecule is CC(C)(F)CN(Cc1ccccc1)Cc1ccccc1. The highest BCUT2D eigenvalue weighted by molar-refractivity contribution is 5.17. The lowest BCUT2D eigenvalue weighted by Gasteiger charge is -2.27. The molecule has 0 aliphatic carbocycles. The zero-order valence-corrected chi connectivity index (χ0v) is 12.2. The van der Waals surface area contributed by atoms with E-state index in [1.807, 2.05) is 36.4 Å². The molecule has 0 atom stereocenters. The van der Waals surface area contributed by atoms with Crippen LogP contribution in [0.25, 0.3) is 0 Å². The van der Waals surface area contributed by atoms with Crippen LogP contribution in [0.4, 0.5) is 4.39 Å². The highest BCUT2D eigenvalue weighted by Crippen LogP contribution is 2.16. The van der Waals surface area contributed by atoms with Crippen LogP contribution < -0.4 is 0 Å². The van der Waals surface area contributed by atoms with Crippen LogP contribution >= 0.6 is 0 Å². The second-order valence-corrected chi connectivity index (χ2v) is 5.84. The molecule has 2 aromatic rings. The summed E-state index contributed by atoms with van der Waals surface area (Å²) in [5, 5.41) is 0. The molecule has 2 heteroatoms. The minimum Gasteiger partial charge on any atom is -0.292 e. The maximum Gasteiger partial charge on any atom is 0.118 e. The first-order valence-electron chi connectivity index (χ1n) is 7.02. The van der Waals surface area contributed by atoms with Crippen LogP contribution in [0.1, 0.15) is 25.0 Å². The van der Waals surface area contributed by atoms with Gasteiger partial charge in [-0.2, -0.15) is 0 Å². The Bertz CT molecular complexity index is 460. The number of alkyl halides is 1. The van der Waals surface area contributed by atoms with Crippen molar-refractivity contribution in [3.05, 3.63) is 71.8 Å². The van der Waals surface area contributed by atoms with Gasteiger partial charge in [-0.3, -0.25) is 4.90 Å². The standard InChI is InChI=1S/C18H22FN/c1-18(2,19)15-20(13-16-9-5-3-6-10-16)14-17-11-7-4-8-12-17/h3-12H,13-15H2,1-2H3. The molecule has 0 radical (unpaired) electrons. The Hall–Kier alpha value is -1.67. The van der Waals surface area contributed by atoms with Crippen LogP contribution in [-0.2, 0) is 13.1 Å². The summed E-state index contributed by atoms with van der Waals surface area (Å²) in [7, 11) is 0. The van der Waals surface area contributed by atoms with Crippen molar-refractivity contribution >= 4 is 0 Å². The second kappa shape index (κ2) is 6.67. The molecule has 0 aliphatic rings. The summed E-state index contributed by atoms with van der Waals surface area (Å²) in [4.78, 5) is 2.16. The summed E-state index contributed by atoms with van der Waals surface area (Å²) < 4.78 is 14.0. The molecule has 2 rings (SSSR count). The van der Waals surface area contributed by atoms with E-state index in [1.165, 1.54) is 11.1 Å². The molecule has 20 heavy (non-hydrogen) atoms. The quantitative estimate of drug-likeness (QED) is 0.751. The molecule has 1 nitrogen and oxygen atoms in total. The molecular weight excluding hydrogens is 249 g/mol. The third-order valence-corrected chi connectivity index (χ3v) is 3.10. The smallest absolute Gasteiger partial charge is 0.118 e. The highest BCUT2D eigenvalue weighted by atomic mass is 19.1. The largest absolute Gasteiger partial charge is 0.292 e. The third-order valence-electron chi connectivity index (χ3n) is 3.10. The third kappa shape index (κ3) is 5.14. The van der Waals surface area contributed by atoms with Crippen LogP contribution in [0.3, 0.4) is 0 Å². The first-order valence-corrected chi connectivity index (χ1v) is 7.02. The van der Waals surface area contributed by atoms with Crippen molar-refractivity contribution in [3.63, 3.8) is 0 Å². The van der Waals surface area contributed by atoms with Gasteiger partial charge < -0.3 is 0 Å². The number of hydrogen-bond acceptors (Lipinski definition) is 1. The predicted molar refractivity (Wildman–Crippen MR) is 82.2 cm³/mol. The van der Waals surface area contributed by atoms with Gasteiger partial charge in [0, 0.05) is 19.6 Å². The Morgan fingerprint density at radius 1 is 0.800 bits per heavy atom. The summed E-state index contributed by atoms with van der Waals surface area (Å²) in [5.74, 6) is 0. The van der Waals surface area contributed by atoms with Gasteiger partial charge in [0.2, 0.25) is 0 Å². The Balaban J connectivity index is 2.08. The number of benzene rings is 2. The molecule has 0 fully saturated rings. The maximum atomic E-state index is 14.0. The molecular formula is C18H22FN. The van der Waals surface area contributed by atoms with Gasteiger partial charge in [-0.1, -0.05) is 60.7 Å². The van der Waals surface area contributed by atoms with Crippen molar-refractivity contribution in [1.82, 2.24) is 4.90 Å². The lowest BCUT2D eigenvalue weighted by molar-refractivity contribution is 0.115. The molecule has 0 unspecified atom stereocenters. The van der Waals surface area contributed by atoms with Crippen LogP contribution in [0.15, 0.2) is 60.7 Å². The van der Waals surface area contributed by atoms with Crippen LogP contribution in [0.5, 0.6) is 0 Å². The summed E-state index contributed by atoms with van der Waals surface area (Å²) in [6.45, 7) is 5.23. The Kier molecular flexibility index (Phi) is 4.91. The maximum absolute atomic E-state index is 14.0. The van der Waals surface area contributed by atoms with E-state index in [-0.39, 0.29) is 0 Å². The second-order valence-electron chi connectivity index (χ2n) is 5.84. The van der Waals surface area contributed by atoms with Gasteiger partial charge in [0.25, 0.3) is 0 Å². The minimum atomic E-state index is -1.19. The fraction of sp³-hybridized carbons (Fsp3) is 0.333. The Morgan fingerprint density at radius 3 is 1.55 bits per heavy atom. The van der Waals surface area contributed by atoms with E-state index in [2.05, 4.69) is 29.2 Å². The topological polar surface area (TPSA) is 3.24 Å². The van der Waals surface area contributed by atoms with E-state index in [0.29, 0.717) is 6.54 Å². The van der Waals surface area contributed by atoms with E-state index < -0.39 is 5.67 Å². The normalized spacial score (nSPS) is 11.8.